The Balaban J connectivity index is 2.60. The number of aromatic nitrogens is 2. The molecule has 82 valence electrons. The van der Waals surface area contributed by atoms with E-state index in [0.29, 0.717) is 11.1 Å². The highest BCUT2D eigenvalue weighted by atomic mass is 19.1. The molecule has 0 fully saturated rings. The molecule has 4 nitrogen and oxygen atoms in total. The molecule has 0 bridgehead atoms. The summed E-state index contributed by atoms with van der Waals surface area (Å²) in [4.78, 5) is 0. The molecule has 0 saturated heterocycles. The maximum absolute atomic E-state index is 13.0. The SMILES string of the molecule is COc1c(-c2cccc(F)c2)cnnc1[O-]. The van der Waals surface area contributed by atoms with Gasteiger partial charge in [-0.3, -0.25) is 0 Å². The fourth-order valence-electron chi connectivity index (χ4n) is 1.42. The highest BCUT2D eigenvalue weighted by Crippen LogP contribution is 2.33. The predicted octanol–water partition coefficient (Wildman–Crippen LogP) is 1.36. The molecule has 0 saturated carbocycles. The van der Waals surface area contributed by atoms with Crippen molar-refractivity contribution in [3.05, 3.63) is 36.3 Å². The van der Waals surface area contributed by atoms with Crippen molar-refractivity contribution in [2.45, 2.75) is 0 Å². The summed E-state index contributed by atoms with van der Waals surface area (Å²) >= 11 is 0. The first-order chi connectivity index (χ1) is 7.72. The molecule has 1 heterocycles. The van der Waals surface area contributed by atoms with Gasteiger partial charge in [0.25, 0.3) is 0 Å². The van der Waals surface area contributed by atoms with Gasteiger partial charge in [0.1, 0.15) is 11.6 Å². The second-order valence-corrected chi connectivity index (χ2v) is 3.11. The third kappa shape index (κ3) is 1.79. The lowest BCUT2D eigenvalue weighted by atomic mass is 10.1. The van der Waals surface area contributed by atoms with Crippen molar-refractivity contribution in [2.24, 2.45) is 0 Å². The zero-order chi connectivity index (χ0) is 11.5. The Morgan fingerprint density at radius 3 is 2.88 bits per heavy atom. The number of hydrogen-bond donors (Lipinski definition) is 0. The highest BCUT2D eigenvalue weighted by molar-refractivity contribution is 5.71. The minimum atomic E-state index is -0.565. The molecule has 1 aromatic heterocycles. The first kappa shape index (κ1) is 10.4. The first-order valence-electron chi connectivity index (χ1n) is 4.55. The van der Waals surface area contributed by atoms with Crippen LogP contribution in [0.15, 0.2) is 30.5 Å². The van der Waals surface area contributed by atoms with Gasteiger partial charge in [0.15, 0.2) is 0 Å². The van der Waals surface area contributed by atoms with Crippen molar-refractivity contribution < 1.29 is 14.2 Å². The van der Waals surface area contributed by atoms with Crippen molar-refractivity contribution in [1.82, 2.24) is 10.2 Å². The number of methoxy groups -OCH3 is 1. The third-order valence-corrected chi connectivity index (χ3v) is 2.11. The van der Waals surface area contributed by atoms with Crippen LogP contribution in [-0.4, -0.2) is 17.3 Å². The molecule has 5 heteroatoms. The Hall–Kier alpha value is -2.17. The van der Waals surface area contributed by atoms with Crippen LogP contribution >= 0.6 is 0 Å². The van der Waals surface area contributed by atoms with Crippen molar-refractivity contribution in [1.29, 1.82) is 0 Å². The summed E-state index contributed by atoms with van der Waals surface area (Å²) in [7, 11) is 1.36. The fraction of sp³-hybridized carbons (Fsp3) is 0.0909. The smallest absolute Gasteiger partial charge is 0.140 e. The van der Waals surface area contributed by atoms with Gasteiger partial charge in [-0.2, -0.15) is 10.2 Å². The minimum absolute atomic E-state index is 0.0700. The summed E-state index contributed by atoms with van der Waals surface area (Å²) in [6.45, 7) is 0. The number of halogens is 1. The zero-order valence-corrected chi connectivity index (χ0v) is 8.48. The molecule has 0 N–H and O–H groups in total. The Kier molecular flexibility index (Phi) is 2.68. The molecule has 0 spiro atoms. The van der Waals surface area contributed by atoms with Crippen molar-refractivity contribution in [2.75, 3.05) is 7.11 Å². The van der Waals surface area contributed by atoms with E-state index in [1.54, 1.807) is 12.1 Å². The summed E-state index contributed by atoms with van der Waals surface area (Å²) in [5.74, 6) is -0.881. The number of rotatable bonds is 2. The van der Waals surface area contributed by atoms with Crippen LogP contribution in [0.3, 0.4) is 0 Å². The monoisotopic (exact) mass is 219 g/mol. The molecule has 0 aliphatic rings. The average molecular weight is 219 g/mol. The molecular formula is C11H8FN2O2-. The summed E-state index contributed by atoms with van der Waals surface area (Å²) in [5, 5.41) is 18.2. The molecule has 1 aromatic carbocycles. The summed E-state index contributed by atoms with van der Waals surface area (Å²) in [5.41, 5.74) is 0.964. The van der Waals surface area contributed by atoms with Crippen LogP contribution < -0.4 is 9.84 Å². The Labute approximate surface area is 91.3 Å². The summed E-state index contributed by atoms with van der Waals surface area (Å²) in [6, 6.07) is 5.85. The van der Waals surface area contributed by atoms with Crippen LogP contribution in [0, 0.1) is 5.82 Å². The van der Waals surface area contributed by atoms with Gasteiger partial charge in [0.05, 0.1) is 19.2 Å². The molecule has 0 unspecified atom stereocenters. The van der Waals surface area contributed by atoms with Crippen molar-refractivity contribution in [3.8, 4) is 22.8 Å². The molecular weight excluding hydrogens is 211 g/mol. The van der Waals surface area contributed by atoms with E-state index in [4.69, 9.17) is 4.74 Å². The van der Waals surface area contributed by atoms with E-state index in [-0.39, 0.29) is 11.6 Å². The second kappa shape index (κ2) is 4.14. The number of hydrogen-bond acceptors (Lipinski definition) is 4. The molecule has 0 radical (unpaired) electrons. The lowest BCUT2D eigenvalue weighted by Gasteiger charge is -2.13. The predicted molar refractivity (Wildman–Crippen MR) is 53.4 cm³/mol. The van der Waals surface area contributed by atoms with Crippen molar-refractivity contribution >= 4 is 0 Å². The zero-order valence-electron chi connectivity index (χ0n) is 8.48. The maximum Gasteiger partial charge on any atom is 0.140 e. The largest absolute Gasteiger partial charge is 0.855 e. The normalized spacial score (nSPS) is 10.1. The van der Waals surface area contributed by atoms with Gasteiger partial charge in [0.2, 0.25) is 0 Å². The van der Waals surface area contributed by atoms with Crippen LogP contribution in [0.2, 0.25) is 0 Å². The van der Waals surface area contributed by atoms with Crippen LogP contribution in [-0.2, 0) is 0 Å². The standard InChI is InChI=1S/C11H9FN2O2/c1-16-10-9(6-13-14-11(10)15)7-3-2-4-8(12)5-7/h2-6H,1H3,(H,14,15)/p-1. The Bertz CT molecular complexity index is 517. The van der Waals surface area contributed by atoms with Gasteiger partial charge in [-0.1, -0.05) is 12.1 Å². The highest BCUT2D eigenvalue weighted by Gasteiger charge is 2.08. The van der Waals surface area contributed by atoms with Crippen LogP contribution in [0.25, 0.3) is 11.1 Å². The average Bonchev–Trinajstić information content (AvgIpc) is 2.28. The van der Waals surface area contributed by atoms with E-state index in [1.165, 1.54) is 25.4 Å². The summed E-state index contributed by atoms with van der Waals surface area (Å²) < 4.78 is 18.0. The van der Waals surface area contributed by atoms with Crippen LogP contribution in [0.5, 0.6) is 11.6 Å². The molecule has 0 amide bonds. The van der Waals surface area contributed by atoms with Gasteiger partial charge in [-0.25, -0.2) is 4.39 Å². The van der Waals surface area contributed by atoms with Crippen LogP contribution in [0.1, 0.15) is 0 Å². The van der Waals surface area contributed by atoms with E-state index in [0.717, 1.165) is 0 Å². The third-order valence-electron chi connectivity index (χ3n) is 2.11. The Morgan fingerprint density at radius 1 is 1.38 bits per heavy atom. The topological polar surface area (TPSA) is 58.1 Å². The van der Waals surface area contributed by atoms with E-state index < -0.39 is 5.88 Å². The van der Waals surface area contributed by atoms with Crippen LogP contribution in [0.4, 0.5) is 4.39 Å². The number of benzene rings is 1. The lowest BCUT2D eigenvalue weighted by molar-refractivity contribution is -0.277. The van der Waals surface area contributed by atoms with Gasteiger partial charge in [-0.15, -0.1) is 0 Å². The summed E-state index contributed by atoms with van der Waals surface area (Å²) in [6.07, 6.45) is 1.37. The molecule has 16 heavy (non-hydrogen) atoms. The minimum Gasteiger partial charge on any atom is -0.855 e. The van der Waals surface area contributed by atoms with Gasteiger partial charge in [0, 0.05) is 5.56 Å². The van der Waals surface area contributed by atoms with Gasteiger partial charge in [-0.05, 0) is 17.7 Å². The fourth-order valence-corrected chi connectivity index (χ4v) is 1.42. The quantitative estimate of drug-likeness (QED) is 0.765. The van der Waals surface area contributed by atoms with Gasteiger partial charge >= 0.3 is 0 Å². The lowest BCUT2D eigenvalue weighted by Crippen LogP contribution is -2.01. The Morgan fingerprint density at radius 2 is 2.19 bits per heavy atom. The first-order valence-corrected chi connectivity index (χ1v) is 4.55. The molecule has 2 rings (SSSR count). The van der Waals surface area contributed by atoms with Crippen molar-refractivity contribution in [3.63, 3.8) is 0 Å². The van der Waals surface area contributed by atoms with E-state index in [1.807, 2.05) is 0 Å². The van der Waals surface area contributed by atoms with Gasteiger partial charge < -0.3 is 9.84 Å². The van der Waals surface area contributed by atoms with E-state index in [9.17, 15) is 9.50 Å². The number of nitrogens with zero attached hydrogens (tertiary/aromatic N) is 2. The maximum atomic E-state index is 13.0. The second-order valence-electron chi connectivity index (χ2n) is 3.11. The van der Waals surface area contributed by atoms with E-state index in [2.05, 4.69) is 10.2 Å². The molecule has 0 aliphatic carbocycles. The van der Waals surface area contributed by atoms with E-state index >= 15 is 0 Å². The number of ether oxygens (including phenoxy) is 1. The molecule has 0 aliphatic heterocycles. The molecule has 2 aromatic rings. The molecule has 0 atom stereocenters.